The van der Waals surface area contributed by atoms with Gasteiger partial charge in [0.1, 0.15) is 0 Å². The third kappa shape index (κ3) is 5.20. The van der Waals surface area contributed by atoms with Crippen LogP contribution in [0.1, 0.15) is 12.5 Å². The Balaban J connectivity index is 1.98. The molecule has 2 aromatic carbocycles. The number of thioether (sulfide) groups is 1. The van der Waals surface area contributed by atoms with Crippen molar-refractivity contribution in [1.29, 1.82) is 0 Å². The average Bonchev–Trinajstić information content (AvgIpc) is 2.99. The van der Waals surface area contributed by atoms with Gasteiger partial charge in [-0.25, -0.2) is 4.99 Å². The van der Waals surface area contributed by atoms with Gasteiger partial charge in [0.15, 0.2) is 16.7 Å². The van der Waals surface area contributed by atoms with E-state index in [1.807, 2.05) is 37.3 Å². The van der Waals surface area contributed by atoms with Crippen LogP contribution < -0.4 is 4.74 Å². The molecule has 1 aliphatic rings. The summed E-state index contributed by atoms with van der Waals surface area (Å²) in [5, 5.41) is 11.1. The molecule has 0 atom stereocenters. The highest BCUT2D eigenvalue weighted by atomic mass is 79.9. The fourth-order valence-corrected chi connectivity index (χ4v) is 4.17. The Morgan fingerprint density at radius 1 is 1.28 bits per heavy atom. The third-order valence-corrected chi connectivity index (χ3v) is 5.51. The molecule has 6 nitrogen and oxygen atoms in total. The number of hydrogen-bond acceptors (Lipinski definition) is 6. The van der Waals surface area contributed by atoms with Crippen molar-refractivity contribution in [2.24, 2.45) is 4.99 Å². The molecule has 1 saturated heterocycles. The van der Waals surface area contributed by atoms with E-state index in [4.69, 9.17) is 9.47 Å². The summed E-state index contributed by atoms with van der Waals surface area (Å²) in [4.78, 5) is 19.7. The lowest BCUT2D eigenvalue weighted by molar-refractivity contribution is -0.122. The van der Waals surface area contributed by atoms with E-state index < -0.39 is 0 Å². The summed E-state index contributed by atoms with van der Waals surface area (Å²) >= 11 is 4.69. The molecule has 0 unspecified atom stereocenters. The number of carbonyl (C=O) groups excluding carboxylic acids is 1. The lowest BCUT2D eigenvalue weighted by atomic mass is 10.1. The standard InChI is InChI=1S/C21H21BrN2O4S/c1-3-28-17-13-15(22)11-14(19(17)25)12-18-20(26)24(9-10-27-2)21(29-18)23-16-7-5-4-6-8-16/h4-8,11-13,25H,3,9-10H2,1-2H3/b18-12-,23-21?. The summed E-state index contributed by atoms with van der Waals surface area (Å²) in [6.45, 7) is 3.05. The van der Waals surface area contributed by atoms with Crippen LogP contribution in [0.2, 0.25) is 0 Å². The number of amides is 1. The molecule has 1 fully saturated rings. The molecule has 29 heavy (non-hydrogen) atoms. The van der Waals surface area contributed by atoms with Crippen molar-refractivity contribution in [3.05, 3.63) is 57.4 Å². The monoisotopic (exact) mass is 476 g/mol. The number of ether oxygens (including phenoxy) is 2. The molecule has 1 amide bonds. The molecule has 3 rings (SSSR count). The number of hydrogen-bond donors (Lipinski definition) is 1. The highest BCUT2D eigenvalue weighted by Gasteiger charge is 2.33. The lowest BCUT2D eigenvalue weighted by Gasteiger charge is -2.14. The number of methoxy groups -OCH3 is 1. The maximum absolute atomic E-state index is 13.0. The summed E-state index contributed by atoms with van der Waals surface area (Å²) in [5.74, 6) is 0.172. The van der Waals surface area contributed by atoms with Crippen LogP contribution in [0, 0.1) is 0 Å². The lowest BCUT2D eigenvalue weighted by Crippen LogP contribution is -2.32. The molecule has 1 N–H and O–H groups in total. The predicted molar refractivity (Wildman–Crippen MR) is 120 cm³/mol. The second-order valence-electron chi connectivity index (χ2n) is 6.06. The van der Waals surface area contributed by atoms with Gasteiger partial charge >= 0.3 is 0 Å². The van der Waals surface area contributed by atoms with E-state index in [9.17, 15) is 9.90 Å². The average molecular weight is 477 g/mol. The zero-order valence-electron chi connectivity index (χ0n) is 16.1. The van der Waals surface area contributed by atoms with Crippen molar-refractivity contribution < 1.29 is 19.4 Å². The Labute approximate surface area is 182 Å². The maximum Gasteiger partial charge on any atom is 0.266 e. The number of aromatic hydroxyl groups is 1. The number of rotatable bonds is 7. The van der Waals surface area contributed by atoms with Crippen LogP contribution in [-0.2, 0) is 9.53 Å². The minimum atomic E-state index is -0.181. The van der Waals surface area contributed by atoms with Gasteiger partial charge in [0, 0.05) is 17.1 Å². The molecule has 0 saturated carbocycles. The topological polar surface area (TPSA) is 71.4 Å². The summed E-state index contributed by atoms with van der Waals surface area (Å²) in [6.07, 6.45) is 1.66. The number of para-hydroxylation sites is 1. The minimum Gasteiger partial charge on any atom is -0.504 e. The Morgan fingerprint density at radius 2 is 2.03 bits per heavy atom. The summed E-state index contributed by atoms with van der Waals surface area (Å²) in [5.41, 5.74) is 1.25. The van der Waals surface area contributed by atoms with Gasteiger partial charge in [-0.3, -0.25) is 9.69 Å². The van der Waals surface area contributed by atoms with Gasteiger partial charge in [0.25, 0.3) is 5.91 Å². The molecule has 1 heterocycles. The molecule has 0 aromatic heterocycles. The first-order chi connectivity index (χ1) is 14.0. The Hall–Kier alpha value is -2.29. The van der Waals surface area contributed by atoms with Crippen molar-refractivity contribution in [2.45, 2.75) is 6.92 Å². The van der Waals surface area contributed by atoms with Crippen LogP contribution in [0.25, 0.3) is 6.08 Å². The quantitative estimate of drug-likeness (QED) is 0.580. The summed E-state index contributed by atoms with van der Waals surface area (Å²) < 4.78 is 11.4. The van der Waals surface area contributed by atoms with Gasteiger partial charge in [0.2, 0.25) is 0 Å². The normalized spacial score (nSPS) is 16.8. The smallest absolute Gasteiger partial charge is 0.266 e. The van der Waals surface area contributed by atoms with Gasteiger partial charge in [0.05, 0.1) is 30.4 Å². The van der Waals surface area contributed by atoms with Crippen LogP contribution >= 0.6 is 27.7 Å². The van der Waals surface area contributed by atoms with Crippen LogP contribution in [0.15, 0.2) is 56.8 Å². The molecular weight excluding hydrogens is 456 g/mol. The van der Waals surface area contributed by atoms with E-state index in [0.29, 0.717) is 41.1 Å². The van der Waals surface area contributed by atoms with Crippen molar-refractivity contribution in [3.8, 4) is 11.5 Å². The molecule has 152 valence electrons. The first kappa shape index (κ1) is 21.4. The number of nitrogens with zero attached hydrogens (tertiary/aromatic N) is 2. The largest absolute Gasteiger partial charge is 0.504 e. The SMILES string of the molecule is CCOc1cc(Br)cc(/C=C2\SC(=Nc3ccccc3)N(CCOC)C2=O)c1O. The Bertz CT molecular complexity index is 947. The van der Waals surface area contributed by atoms with Crippen LogP contribution in [0.4, 0.5) is 5.69 Å². The van der Waals surface area contributed by atoms with E-state index >= 15 is 0 Å². The van der Waals surface area contributed by atoms with Crippen molar-refractivity contribution in [1.82, 2.24) is 4.90 Å². The third-order valence-electron chi connectivity index (χ3n) is 4.04. The Morgan fingerprint density at radius 3 is 2.72 bits per heavy atom. The van der Waals surface area contributed by atoms with Gasteiger partial charge < -0.3 is 14.6 Å². The van der Waals surface area contributed by atoms with Crippen LogP contribution in [0.3, 0.4) is 0 Å². The second kappa shape index (κ2) is 9.96. The molecule has 8 heteroatoms. The van der Waals surface area contributed by atoms with Crippen molar-refractivity contribution in [2.75, 3.05) is 26.9 Å². The molecule has 0 radical (unpaired) electrons. The number of phenolic OH excluding ortho intramolecular Hbond substituents is 1. The number of amidine groups is 1. The molecule has 0 bridgehead atoms. The molecular formula is C21H21BrN2O4S. The number of aliphatic imine (C=N–C) groups is 1. The molecule has 0 spiro atoms. The fourth-order valence-electron chi connectivity index (χ4n) is 2.70. The van der Waals surface area contributed by atoms with E-state index in [0.717, 1.165) is 10.2 Å². The Kier molecular flexibility index (Phi) is 7.35. The maximum atomic E-state index is 13.0. The summed E-state index contributed by atoms with van der Waals surface area (Å²) in [7, 11) is 1.59. The first-order valence-corrected chi connectivity index (χ1v) is 10.6. The zero-order valence-corrected chi connectivity index (χ0v) is 18.5. The predicted octanol–water partition coefficient (Wildman–Crippen LogP) is 4.80. The van der Waals surface area contributed by atoms with Crippen molar-refractivity contribution in [3.63, 3.8) is 0 Å². The molecule has 1 aliphatic heterocycles. The molecule has 2 aromatic rings. The van der Waals surface area contributed by atoms with E-state index in [1.54, 1.807) is 30.2 Å². The first-order valence-electron chi connectivity index (χ1n) is 9.03. The number of phenols is 1. The van der Waals surface area contributed by atoms with Gasteiger partial charge in [-0.15, -0.1) is 0 Å². The molecule has 0 aliphatic carbocycles. The number of carbonyl (C=O) groups is 1. The number of benzene rings is 2. The zero-order chi connectivity index (χ0) is 20.8. The van der Waals surface area contributed by atoms with Gasteiger partial charge in [-0.1, -0.05) is 34.1 Å². The second-order valence-corrected chi connectivity index (χ2v) is 7.99. The van der Waals surface area contributed by atoms with Crippen LogP contribution in [-0.4, -0.2) is 47.9 Å². The minimum absolute atomic E-state index is 0.00663. The fraction of sp³-hybridized carbons (Fsp3) is 0.238. The van der Waals surface area contributed by atoms with E-state index in [2.05, 4.69) is 20.9 Å². The van der Waals surface area contributed by atoms with Crippen LogP contribution in [0.5, 0.6) is 11.5 Å². The van der Waals surface area contributed by atoms with E-state index in [-0.39, 0.29) is 11.7 Å². The summed E-state index contributed by atoms with van der Waals surface area (Å²) in [6, 6.07) is 12.9. The highest BCUT2D eigenvalue weighted by Crippen LogP contribution is 2.39. The number of halogens is 1. The van der Waals surface area contributed by atoms with Gasteiger partial charge in [-0.2, -0.15) is 0 Å². The highest BCUT2D eigenvalue weighted by molar-refractivity contribution is 9.10. The van der Waals surface area contributed by atoms with E-state index in [1.165, 1.54) is 11.8 Å². The van der Waals surface area contributed by atoms with Gasteiger partial charge in [-0.05, 0) is 49.0 Å². The van der Waals surface area contributed by atoms with Crippen molar-refractivity contribution >= 4 is 50.5 Å².